The lowest BCUT2D eigenvalue weighted by atomic mass is 9.81. The third-order valence-electron chi connectivity index (χ3n) is 4.51. The number of fused-ring (bicyclic) bond motifs is 1. The Labute approximate surface area is 112 Å². The van der Waals surface area contributed by atoms with E-state index in [1.54, 1.807) is 0 Å². The molecule has 3 rings (SSSR count). The van der Waals surface area contributed by atoms with Crippen LogP contribution in [0, 0.1) is 17.8 Å². The lowest BCUT2D eigenvalue weighted by Crippen LogP contribution is -2.49. The zero-order valence-electron chi connectivity index (χ0n) is 10.3. The molecule has 2 saturated carbocycles. The van der Waals surface area contributed by atoms with Gasteiger partial charge in [-0.1, -0.05) is 25.1 Å². The molecule has 0 aromatic rings. The molecule has 98 valence electrons. The van der Waals surface area contributed by atoms with Crippen LogP contribution >= 0.6 is 12.2 Å². The second kappa shape index (κ2) is 4.30. The summed E-state index contributed by atoms with van der Waals surface area (Å²) < 4.78 is 0. The zero-order valence-corrected chi connectivity index (χ0v) is 11.1. The first kappa shape index (κ1) is 12.1. The minimum atomic E-state index is -0.314. The average Bonchev–Trinajstić information content (AvgIpc) is 3.14. The quantitative estimate of drug-likeness (QED) is 0.616. The van der Waals surface area contributed by atoms with Crippen molar-refractivity contribution in [2.75, 3.05) is 0 Å². The Morgan fingerprint density at radius 1 is 1.11 bits per heavy atom. The van der Waals surface area contributed by atoms with Gasteiger partial charge in [0.15, 0.2) is 0 Å². The molecule has 3 atom stereocenters. The second-order valence-corrected chi connectivity index (χ2v) is 6.20. The first-order valence-electron chi connectivity index (χ1n) is 6.77. The number of hydrogen-bond donors (Lipinski definition) is 1. The van der Waals surface area contributed by atoms with Gasteiger partial charge in [0, 0.05) is 0 Å². The molecule has 3 aliphatic rings. The van der Waals surface area contributed by atoms with Gasteiger partial charge in [0.05, 0.1) is 22.9 Å². The van der Waals surface area contributed by atoms with Crippen molar-refractivity contribution in [3.05, 3.63) is 0 Å². The maximum absolute atomic E-state index is 12.4. The molecule has 0 radical (unpaired) electrons. The molecular formula is C13H18N2O2S. The number of nitrogens with two attached hydrogens (primary N) is 1. The van der Waals surface area contributed by atoms with Crippen molar-refractivity contribution >= 4 is 29.0 Å². The highest BCUT2D eigenvalue weighted by Gasteiger charge is 2.53. The van der Waals surface area contributed by atoms with Crippen molar-refractivity contribution in [3.63, 3.8) is 0 Å². The van der Waals surface area contributed by atoms with Crippen LogP contribution in [0.5, 0.6) is 0 Å². The average molecular weight is 266 g/mol. The predicted octanol–water partition coefficient (Wildman–Crippen LogP) is 1.23. The molecule has 2 amide bonds. The molecule has 1 aliphatic heterocycles. The van der Waals surface area contributed by atoms with Crippen molar-refractivity contribution in [2.45, 2.75) is 44.6 Å². The Hall–Kier alpha value is -0.970. The molecule has 2 aliphatic carbocycles. The van der Waals surface area contributed by atoms with Crippen molar-refractivity contribution in [1.29, 1.82) is 0 Å². The van der Waals surface area contributed by atoms with E-state index in [0.29, 0.717) is 10.9 Å². The smallest absolute Gasteiger partial charge is 0.233 e. The molecular weight excluding hydrogens is 248 g/mol. The fourth-order valence-corrected chi connectivity index (χ4v) is 3.74. The van der Waals surface area contributed by atoms with E-state index < -0.39 is 0 Å². The summed E-state index contributed by atoms with van der Waals surface area (Å²) in [4.78, 5) is 26.6. The van der Waals surface area contributed by atoms with Crippen LogP contribution in [0.1, 0.15) is 38.5 Å². The maximum atomic E-state index is 12.4. The van der Waals surface area contributed by atoms with Crippen LogP contribution < -0.4 is 5.73 Å². The van der Waals surface area contributed by atoms with E-state index in [1.165, 1.54) is 4.90 Å². The Balaban J connectivity index is 1.89. The molecule has 0 aromatic carbocycles. The molecule has 0 bridgehead atoms. The van der Waals surface area contributed by atoms with Gasteiger partial charge in [0.1, 0.15) is 0 Å². The maximum Gasteiger partial charge on any atom is 0.233 e. The number of carbonyl (C=O) groups excluding carboxylic acids is 2. The van der Waals surface area contributed by atoms with E-state index in [9.17, 15) is 9.59 Å². The fourth-order valence-electron chi connectivity index (χ4n) is 3.44. The van der Waals surface area contributed by atoms with Crippen LogP contribution in [0.4, 0.5) is 0 Å². The molecule has 0 spiro atoms. The summed E-state index contributed by atoms with van der Waals surface area (Å²) in [7, 11) is 0. The molecule has 3 unspecified atom stereocenters. The Bertz CT molecular complexity index is 395. The number of amides is 2. The number of rotatable bonds is 3. The standard InChI is InChI=1S/C13H18N2O2S/c14-11(18)10(7-5-6-7)15-12(16)8-3-1-2-4-9(8)13(15)17/h7-10H,1-6H2,(H2,14,18). The molecule has 4 nitrogen and oxygen atoms in total. The first-order valence-corrected chi connectivity index (χ1v) is 7.18. The van der Waals surface area contributed by atoms with Gasteiger partial charge in [0.2, 0.25) is 11.8 Å². The van der Waals surface area contributed by atoms with Crippen LogP contribution in [0.25, 0.3) is 0 Å². The molecule has 1 saturated heterocycles. The van der Waals surface area contributed by atoms with Crippen LogP contribution in [0.15, 0.2) is 0 Å². The summed E-state index contributed by atoms with van der Waals surface area (Å²) in [5.41, 5.74) is 5.76. The van der Waals surface area contributed by atoms with Crippen LogP contribution in [-0.4, -0.2) is 27.7 Å². The third-order valence-corrected chi connectivity index (χ3v) is 4.75. The number of nitrogens with zero attached hydrogens (tertiary/aromatic N) is 1. The van der Waals surface area contributed by atoms with Gasteiger partial charge in [-0.15, -0.1) is 0 Å². The van der Waals surface area contributed by atoms with E-state index >= 15 is 0 Å². The predicted molar refractivity (Wildman–Crippen MR) is 70.6 cm³/mol. The number of carbonyl (C=O) groups is 2. The Morgan fingerprint density at radius 3 is 2.00 bits per heavy atom. The summed E-state index contributed by atoms with van der Waals surface area (Å²) >= 11 is 5.07. The van der Waals surface area contributed by atoms with Crippen LogP contribution in [0.3, 0.4) is 0 Å². The molecule has 2 N–H and O–H groups in total. The van der Waals surface area contributed by atoms with Gasteiger partial charge in [-0.05, 0) is 31.6 Å². The van der Waals surface area contributed by atoms with E-state index in [0.717, 1.165) is 38.5 Å². The van der Waals surface area contributed by atoms with Gasteiger partial charge in [-0.2, -0.15) is 0 Å². The third kappa shape index (κ3) is 1.76. The highest BCUT2D eigenvalue weighted by molar-refractivity contribution is 7.80. The minimum absolute atomic E-state index is 0.0191. The highest BCUT2D eigenvalue weighted by Crippen LogP contribution is 2.43. The van der Waals surface area contributed by atoms with Gasteiger partial charge in [0.25, 0.3) is 0 Å². The van der Waals surface area contributed by atoms with Crippen LogP contribution in [0.2, 0.25) is 0 Å². The zero-order chi connectivity index (χ0) is 12.9. The van der Waals surface area contributed by atoms with E-state index in [2.05, 4.69) is 0 Å². The van der Waals surface area contributed by atoms with Gasteiger partial charge in [-0.25, -0.2) is 0 Å². The van der Waals surface area contributed by atoms with Crippen LogP contribution in [-0.2, 0) is 9.59 Å². The highest BCUT2D eigenvalue weighted by atomic mass is 32.1. The Kier molecular flexibility index (Phi) is 2.88. The van der Waals surface area contributed by atoms with E-state index in [1.807, 2.05) is 0 Å². The van der Waals surface area contributed by atoms with Gasteiger partial charge in [-0.3, -0.25) is 14.5 Å². The normalized spacial score (nSPS) is 33.4. The lowest BCUT2D eigenvalue weighted by Gasteiger charge is -2.25. The SMILES string of the molecule is NC(=S)C(C1CC1)N1C(=O)C2CCCCC2C1=O. The van der Waals surface area contributed by atoms with Crippen molar-refractivity contribution in [3.8, 4) is 0 Å². The molecule has 18 heavy (non-hydrogen) atoms. The summed E-state index contributed by atoms with van der Waals surface area (Å²) in [6.07, 6.45) is 5.84. The monoisotopic (exact) mass is 266 g/mol. The topological polar surface area (TPSA) is 63.4 Å². The van der Waals surface area contributed by atoms with Gasteiger partial charge >= 0.3 is 0 Å². The summed E-state index contributed by atoms with van der Waals surface area (Å²) in [5, 5.41) is 0. The lowest BCUT2D eigenvalue weighted by molar-refractivity contribution is -0.141. The number of likely N-dealkylation sites (tertiary alicyclic amines) is 1. The molecule has 3 fully saturated rings. The first-order chi connectivity index (χ1) is 8.61. The number of hydrogen-bond acceptors (Lipinski definition) is 3. The fraction of sp³-hybridized carbons (Fsp3) is 0.769. The van der Waals surface area contributed by atoms with Gasteiger partial charge < -0.3 is 5.73 Å². The number of thiocarbonyl (C=S) groups is 1. The molecule has 5 heteroatoms. The van der Waals surface area contributed by atoms with E-state index in [-0.39, 0.29) is 29.7 Å². The summed E-state index contributed by atoms with van der Waals surface area (Å²) in [6.45, 7) is 0. The summed E-state index contributed by atoms with van der Waals surface area (Å²) in [6, 6.07) is -0.314. The van der Waals surface area contributed by atoms with Crippen molar-refractivity contribution in [2.24, 2.45) is 23.5 Å². The summed E-state index contributed by atoms with van der Waals surface area (Å²) in [5.74, 6) is 0.0862. The number of imide groups is 1. The largest absolute Gasteiger partial charge is 0.392 e. The minimum Gasteiger partial charge on any atom is -0.392 e. The molecule has 1 heterocycles. The molecule has 0 aromatic heterocycles. The van der Waals surface area contributed by atoms with E-state index in [4.69, 9.17) is 18.0 Å². The van der Waals surface area contributed by atoms with Crippen molar-refractivity contribution in [1.82, 2.24) is 4.90 Å². The second-order valence-electron chi connectivity index (χ2n) is 5.73. The van der Waals surface area contributed by atoms with Crippen molar-refractivity contribution < 1.29 is 9.59 Å². The Morgan fingerprint density at radius 2 is 1.61 bits per heavy atom.